The highest BCUT2D eigenvalue weighted by molar-refractivity contribution is 6.04. The number of benzene rings is 1. The van der Waals surface area contributed by atoms with Crippen LogP contribution >= 0.6 is 0 Å². The number of carbonyl (C=O) groups is 1. The maximum Gasteiger partial charge on any atom is 0.255 e. The summed E-state index contributed by atoms with van der Waals surface area (Å²) < 4.78 is 5.06. The number of amides is 1. The molecule has 6 heteroatoms. The number of pyridine rings is 1. The molecule has 0 bridgehead atoms. The number of anilines is 1. The van der Waals surface area contributed by atoms with Crippen molar-refractivity contribution in [2.75, 3.05) is 12.4 Å². The maximum atomic E-state index is 12.1. The summed E-state index contributed by atoms with van der Waals surface area (Å²) >= 11 is 0. The summed E-state index contributed by atoms with van der Waals surface area (Å²) in [6, 6.07) is 12.4. The van der Waals surface area contributed by atoms with E-state index in [1.54, 1.807) is 50.0 Å². The van der Waals surface area contributed by atoms with Crippen LogP contribution < -0.4 is 10.1 Å². The van der Waals surface area contributed by atoms with Gasteiger partial charge in [0.1, 0.15) is 11.4 Å². The SMILES string of the molecule is C=C.COc1ccc(C(=O)Nc2cnc(-c3ccccn3)nc2)cc1. The minimum absolute atomic E-state index is 0.234. The number of hydrogen-bond acceptors (Lipinski definition) is 5. The molecule has 0 spiro atoms. The van der Waals surface area contributed by atoms with Crippen LogP contribution in [0.4, 0.5) is 5.69 Å². The molecule has 1 aromatic carbocycles. The molecule has 2 aromatic heterocycles. The Hall–Kier alpha value is -3.54. The highest BCUT2D eigenvalue weighted by Gasteiger charge is 2.08. The van der Waals surface area contributed by atoms with Crippen molar-refractivity contribution >= 4 is 11.6 Å². The van der Waals surface area contributed by atoms with Crippen LogP contribution in [0.25, 0.3) is 11.5 Å². The second-order valence-electron chi connectivity index (χ2n) is 4.69. The largest absolute Gasteiger partial charge is 0.497 e. The summed E-state index contributed by atoms with van der Waals surface area (Å²) in [5.74, 6) is 0.972. The van der Waals surface area contributed by atoms with Crippen molar-refractivity contribution in [2.24, 2.45) is 0 Å². The van der Waals surface area contributed by atoms with Crippen LogP contribution in [-0.2, 0) is 0 Å². The van der Waals surface area contributed by atoms with Gasteiger partial charge in [-0.15, -0.1) is 13.2 Å². The van der Waals surface area contributed by atoms with E-state index in [-0.39, 0.29) is 5.91 Å². The van der Waals surface area contributed by atoms with Gasteiger partial charge < -0.3 is 10.1 Å². The van der Waals surface area contributed by atoms with Crippen molar-refractivity contribution in [1.82, 2.24) is 15.0 Å². The van der Waals surface area contributed by atoms with Gasteiger partial charge in [-0.2, -0.15) is 0 Å². The maximum absolute atomic E-state index is 12.1. The number of ether oxygens (including phenoxy) is 1. The third kappa shape index (κ3) is 4.71. The van der Waals surface area contributed by atoms with Crippen molar-refractivity contribution in [2.45, 2.75) is 0 Å². The first-order valence-electron chi connectivity index (χ1n) is 7.45. The van der Waals surface area contributed by atoms with E-state index in [9.17, 15) is 4.79 Å². The van der Waals surface area contributed by atoms with Gasteiger partial charge in [0, 0.05) is 11.8 Å². The predicted octanol–water partition coefficient (Wildman–Crippen LogP) is 3.60. The average Bonchev–Trinajstić information content (AvgIpc) is 2.71. The van der Waals surface area contributed by atoms with Crippen molar-refractivity contribution in [3.63, 3.8) is 0 Å². The molecule has 0 unspecified atom stereocenters. The molecule has 1 amide bonds. The smallest absolute Gasteiger partial charge is 0.255 e. The molecule has 1 N–H and O–H groups in total. The molecule has 0 atom stereocenters. The number of hydrogen-bond donors (Lipinski definition) is 1. The first-order chi connectivity index (χ1) is 12.3. The topological polar surface area (TPSA) is 77.0 Å². The predicted molar refractivity (Wildman–Crippen MR) is 97.5 cm³/mol. The van der Waals surface area contributed by atoms with Gasteiger partial charge in [0.05, 0.1) is 25.2 Å². The molecule has 126 valence electrons. The number of nitrogens with zero attached hydrogens (tertiary/aromatic N) is 3. The molecule has 0 aliphatic carbocycles. The fourth-order valence-corrected chi connectivity index (χ4v) is 1.97. The number of rotatable bonds is 4. The fraction of sp³-hybridized carbons (Fsp3) is 0.0526. The lowest BCUT2D eigenvalue weighted by molar-refractivity contribution is 0.102. The summed E-state index contributed by atoms with van der Waals surface area (Å²) in [6.45, 7) is 6.00. The number of nitrogens with one attached hydrogen (secondary N) is 1. The summed E-state index contributed by atoms with van der Waals surface area (Å²) in [7, 11) is 1.58. The molecule has 25 heavy (non-hydrogen) atoms. The average molecular weight is 334 g/mol. The van der Waals surface area contributed by atoms with Crippen LogP contribution in [0.2, 0.25) is 0 Å². The molecule has 2 heterocycles. The van der Waals surface area contributed by atoms with E-state index in [0.717, 1.165) is 0 Å². The zero-order valence-corrected chi connectivity index (χ0v) is 13.8. The molecule has 3 rings (SSSR count). The standard InChI is InChI=1S/C17H14N4O2.C2H4/c1-23-14-7-5-12(6-8-14)17(22)21-13-10-19-16(20-11-13)15-4-2-3-9-18-15;1-2/h2-11H,1H3,(H,21,22);1-2H2. The minimum atomic E-state index is -0.234. The first-order valence-corrected chi connectivity index (χ1v) is 7.45. The molecule has 0 fully saturated rings. The van der Waals surface area contributed by atoms with Crippen LogP contribution in [0.5, 0.6) is 5.75 Å². The van der Waals surface area contributed by atoms with Gasteiger partial charge in [-0.25, -0.2) is 9.97 Å². The zero-order chi connectivity index (χ0) is 18.1. The van der Waals surface area contributed by atoms with Crippen molar-refractivity contribution in [3.05, 3.63) is 79.8 Å². The zero-order valence-electron chi connectivity index (χ0n) is 13.8. The van der Waals surface area contributed by atoms with Gasteiger partial charge >= 0.3 is 0 Å². The lowest BCUT2D eigenvalue weighted by Gasteiger charge is -2.06. The molecule has 3 aromatic rings. The number of carbonyl (C=O) groups excluding carboxylic acids is 1. The van der Waals surface area contributed by atoms with Crippen molar-refractivity contribution < 1.29 is 9.53 Å². The monoisotopic (exact) mass is 334 g/mol. The van der Waals surface area contributed by atoms with Crippen molar-refractivity contribution in [3.8, 4) is 17.3 Å². The van der Waals surface area contributed by atoms with E-state index in [2.05, 4.69) is 33.4 Å². The van der Waals surface area contributed by atoms with E-state index in [1.807, 2.05) is 18.2 Å². The Morgan fingerprint density at radius 1 is 1.00 bits per heavy atom. The van der Waals surface area contributed by atoms with Crippen LogP contribution in [0.15, 0.2) is 74.2 Å². The Morgan fingerprint density at radius 2 is 1.68 bits per heavy atom. The van der Waals surface area contributed by atoms with Gasteiger partial charge in [0.2, 0.25) is 0 Å². The normalized spacial score (nSPS) is 9.48. The van der Waals surface area contributed by atoms with Crippen LogP contribution in [0, 0.1) is 0 Å². The summed E-state index contributed by atoms with van der Waals surface area (Å²) in [6.07, 6.45) is 4.79. The summed E-state index contributed by atoms with van der Waals surface area (Å²) in [5, 5.41) is 2.75. The van der Waals surface area contributed by atoms with E-state index >= 15 is 0 Å². The Morgan fingerprint density at radius 3 is 2.24 bits per heavy atom. The van der Waals surface area contributed by atoms with E-state index in [0.29, 0.717) is 28.5 Å². The van der Waals surface area contributed by atoms with Gasteiger partial charge in [-0.1, -0.05) is 6.07 Å². The van der Waals surface area contributed by atoms with Gasteiger partial charge in [-0.05, 0) is 36.4 Å². The highest BCUT2D eigenvalue weighted by atomic mass is 16.5. The van der Waals surface area contributed by atoms with E-state index in [4.69, 9.17) is 4.74 Å². The lowest BCUT2D eigenvalue weighted by Crippen LogP contribution is -2.12. The Balaban J connectivity index is 0.00000109. The Bertz CT molecular complexity index is 803. The fourth-order valence-electron chi connectivity index (χ4n) is 1.97. The Kier molecular flexibility index (Phi) is 6.36. The molecule has 0 radical (unpaired) electrons. The quantitative estimate of drug-likeness (QED) is 0.738. The number of methoxy groups -OCH3 is 1. The van der Waals surface area contributed by atoms with Crippen LogP contribution in [-0.4, -0.2) is 28.0 Å². The molecule has 6 nitrogen and oxygen atoms in total. The molecule has 0 saturated carbocycles. The van der Waals surface area contributed by atoms with Crippen molar-refractivity contribution in [1.29, 1.82) is 0 Å². The third-order valence-corrected chi connectivity index (χ3v) is 3.16. The van der Waals surface area contributed by atoms with Gasteiger partial charge in [0.15, 0.2) is 5.82 Å². The number of aromatic nitrogens is 3. The molecular weight excluding hydrogens is 316 g/mol. The van der Waals surface area contributed by atoms with Gasteiger partial charge in [-0.3, -0.25) is 9.78 Å². The van der Waals surface area contributed by atoms with Gasteiger partial charge in [0.25, 0.3) is 5.91 Å². The Labute approximate surface area is 146 Å². The second-order valence-corrected chi connectivity index (χ2v) is 4.69. The lowest BCUT2D eigenvalue weighted by atomic mass is 10.2. The summed E-state index contributed by atoms with van der Waals surface area (Å²) in [5.41, 5.74) is 1.73. The van der Waals surface area contributed by atoms with Crippen LogP contribution in [0.3, 0.4) is 0 Å². The third-order valence-electron chi connectivity index (χ3n) is 3.16. The minimum Gasteiger partial charge on any atom is -0.497 e. The second kappa shape index (κ2) is 8.93. The van der Waals surface area contributed by atoms with E-state index < -0.39 is 0 Å². The van der Waals surface area contributed by atoms with Crippen LogP contribution in [0.1, 0.15) is 10.4 Å². The first kappa shape index (κ1) is 17.8. The molecular formula is C19H18N4O2. The molecule has 0 aliphatic rings. The summed E-state index contributed by atoms with van der Waals surface area (Å²) in [4.78, 5) is 24.8. The molecule has 0 aliphatic heterocycles. The molecule has 0 saturated heterocycles. The van der Waals surface area contributed by atoms with E-state index in [1.165, 1.54) is 0 Å². The highest BCUT2D eigenvalue weighted by Crippen LogP contribution is 2.15.